The predicted octanol–water partition coefficient (Wildman–Crippen LogP) is 17.7. The fourth-order valence-electron chi connectivity index (χ4n) is 11.0. The number of aryl methyl sites for hydroxylation is 1. The van der Waals surface area contributed by atoms with Crippen molar-refractivity contribution >= 4 is 55.8 Å². The Morgan fingerprint density at radius 2 is 0.706 bits per heavy atom. The summed E-state index contributed by atoms with van der Waals surface area (Å²) in [6, 6.07) is 82.9. The Balaban J connectivity index is 0.738. The van der Waals surface area contributed by atoms with E-state index in [4.69, 9.17) is 0 Å². The van der Waals surface area contributed by atoms with Crippen LogP contribution in [0, 0.1) is 6.92 Å². The normalized spacial score (nSPS) is 13.0. The molecule has 0 aliphatic heterocycles. The van der Waals surface area contributed by atoms with Gasteiger partial charge in [-0.15, -0.1) is 0 Å². The monoisotopic (exact) mass is 868 g/mol. The van der Waals surface area contributed by atoms with Crippen molar-refractivity contribution in [2.75, 3.05) is 0 Å². The summed E-state index contributed by atoms with van der Waals surface area (Å²) in [6.07, 6.45) is 4.42. The highest BCUT2D eigenvalue weighted by Gasteiger charge is 2.36. The summed E-state index contributed by atoms with van der Waals surface area (Å²) >= 11 is 0. The molecule has 0 spiro atoms. The van der Waals surface area contributed by atoms with Crippen molar-refractivity contribution in [1.82, 2.24) is 9.13 Å². The van der Waals surface area contributed by atoms with Crippen LogP contribution in [0.1, 0.15) is 41.7 Å². The molecular formula is C66H48N2. The zero-order valence-corrected chi connectivity index (χ0v) is 38.4. The lowest BCUT2D eigenvalue weighted by molar-refractivity contribution is 0.661. The smallest absolute Gasteiger partial charge is 0.0541 e. The minimum absolute atomic E-state index is 0.143. The molecule has 2 aromatic heterocycles. The van der Waals surface area contributed by atoms with E-state index in [1.807, 2.05) is 0 Å². The van der Waals surface area contributed by atoms with Gasteiger partial charge >= 0.3 is 0 Å². The lowest BCUT2D eigenvalue weighted by Crippen LogP contribution is -2.15. The van der Waals surface area contributed by atoms with Crippen LogP contribution < -0.4 is 0 Å². The van der Waals surface area contributed by atoms with Crippen LogP contribution in [0.25, 0.3) is 112 Å². The second-order valence-electron chi connectivity index (χ2n) is 19.1. The van der Waals surface area contributed by atoms with Gasteiger partial charge in [0.15, 0.2) is 0 Å². The summed E-state index contributed by atoms with van der Waals surface area (Å²) in [6.45, 7) is 6.91. The second-order valence-corrected chi connectivity index (χ2v) is 19.1. The van der Waals surface area contributed by atoms with Crippen LogP contribution in [0.2, 0.25) is 0 Å². The summed E-state index contributed by atoms with van der Waals surface area (Å²) in [5.74, 6) is 0. The van der Waals surface area contributed by atoms with Crippen LogP contribution in [0.3, 0.4) is 0 Å². The van der Waals surface area contributed by atoms with Crippen LogP contribution in [0.5, 0.6) is 0 Å². The average molecular weight is 869 g/mol. The molecule has 0 radical (unpaired) electrons. The zero-order valence-electron chi connectivity index (χ0n) is 38.4. The molecule has 10 aromatic carbocycles. The van der Waals surface area contributed by atoms with Gasteiger partial charge in [-0.25, -0.2) is 0 Å². The van der Waals surface area contributed by atoms with Gasteiger partial charge in [0.2, 0.25) is 0 Å². The molecule has 0 unspecified atom stereocenters. The minimum atomic E-state index is -0.143. The fourth-order valence-corrected chi connectivity index (χ4v) is 11.0. The number of hydrogen-bond donors (Lipinski definition) is 0. The summed E-state index contributed by atoms with van der Waals surface area (Å²) in [4.78, 5) is 0. The fraction of sp³-hybridized carbons (Fsp3) is 0.0606. The van der Waals surface area contributed by atoms with Gasteiger partial charge in [0, 0.05) is 38.3 Å². The molecule has 12 aromatic rings. The highest BCUT2D eigenvalue weighted by atomic mass is 15.0. The van der Waals surface area contributed by atoms with Crippen molar-refractivity contribution in [1.29, 1.82) is 0 Å². The first-order valence-electron chi connectivity index (χ1n) is 23.7. The Morgan fingerprint density at radius 3 is 1.22 bits per heavy atom. The van der Waals surface area contributed by atoms with E-state index in [-0.39, 0.29) is 5.41 Å². The molecule has 322 valence electrons. The molecule has 2 nitrogen and oxygen atoms in total. The van der Waals surface area contributed by atoms with Gasteiger partial charge in [-0.05, 0) is 146 Å². The molecule has 0 amide bonds. The number of para-hydroxylation sites is 3. The van der Waals surface area contributed by atoms with E-state index >= 15 is 0 Å². The first-order chi connectivity index (χ1) is 33.4. The molecular weight excluding hydrogens is 821 g/mol. The number of nitrogens with zero attached hydrogens (tertiary/aromatic N) is 2. The number of fused-ring (bicyclic) bond motifs is 9. The maximum Gasteiger partial charge on any atom is 0.0541 e. The lowest BCUT2D eigenvalue weighted by atomic mass is 9.81. The van der Waals surface area contributed by atoms with E-state index < -0.39 is 0 Å². The van der Waals surface area contributed by atoms with Crippen LogP contribution in [0.15, 0.2) is 224 Å². The molecule has 0 atom stereocenters. The van der Waals surface area contributed by atoms with Gasteiger partial charge in [0.25, 0.3) is 0 Å². The van der Waals surface area contributed by atoms with E-state index in [1.165, 1.54) is 127 Å². The lowest BCUT2D eigenvalue weighted by Gasteiger charge is -2.22. The Bertz CT molecular complexity index is 3950. The van der Waals surface area contributed by atoms with Crippen molar-refractivity contribution in [3.8, 4) is 55.9 Å². The summed E-state index contributed by atoms with van der Waals surface area (Å²) in [5, 5.41) is 5.08. The number of rotatable bonds is 7. The van der Waals surface area contributed by atoms with Crippen molar-refractivity contribution < 1.29 is 0 Å². The molecule has 2 heterocycles. The minimum Gasteiger partial charge on any atom is -0.309 e. The molecule has 2 heteroatoms. The van der Waals surface area contributed by atoms with Gasteiger partial charge in [-0.2, -0.15) is 0 Å². The molecule has 0 N–H and O–H groups in total. The third-order valence-corrected chi connectivity index (χ3v) is 14.6. The molecule has 1 aliphatic carbocycles. The third kappa shape index (κ3) is 6.48. The van der Waals surface area contributed by atoms with Crippen LogP contribution in [-0.2, 0) is 5.41 Å². The average Bonchev–Trinajstić information content (AvgIpc) is 3.98. The number of hydrogen-bond acceptors (Lipinski definition) is 0. The molecule has 1 aliphatic rings. The van der Waals surface area contributed by atoms with Crippen LogP contribution in [-0.4, -0.2) is 9.13 Å². The summed E-state index contributed by atoms with van der Waals surface area (Å²) in [7, 11) is 0. The molecule has 0 saturated heterocycles. The zero-order chi connectivity index (χ0) is 45.5. The maximum atomic E-state index is 2.44. The molecule has 0 saturated carbocycles. The van der Waals surface area contributed by atoms with Gasteiger partial charge in [0.05, 0.1) is 22.1 Å². The van der Waals surface area contributed by atoms with Crippen LogP contribution >= 0.6 is 0 Å². The van der Waals surface area contributed by atoms with Gasteiger partial charge in [-0.3, -0.25) is 0 Å². The predicted molar refractivity (Wildman–Crippen MR) is 289 cm³/mol. The van der Waals surface area contributed by atoms with Gasteiger partial charge in [-0.1, -0.05) is 183 Å². The van der Waals surface area contributed by atoms with E-state index in [2.05, 4.69) is 267 Å². The first-order valence-corrected chi connectivity index (χ1v) is 23.7. The Morgan fingerprint density at radius 1 is 0.324 bits per heavy atom. The molecule has 0 bridgehead atoms. The Kier molecular flexibility index (Phi) is 9.13. The SMILES string of the molecule is Cc1ccc(-n2c3ccccc3c3cc(-c4ccc5c(c4)C(C)(C)c4cc(-c6ccc(C=Cc7ccc(-c8ccc9c(c8)c8ccccc8n9-c8ccccc8)cc7)cc6)ccc4-5)ccc32)cc1. The van der Waals surface area contributed by atoms with E-state index in [0.29, 0.717) is 0 Å². The topological polar surface area (TPSA) is 9.86 Å². The maximum absolute atomic E-state index is 2.44. The summed E-state index contributed by atoms with van der Waals surface area (Å²) < 4.78 is 4.76. The molecule has 0 fully saturated rings. The van der Waals surface area contributed by atoms with Gasteiger partial charge in [0.1, 0.15) is 0 Å². The van der Waals surface area contributed by atoms with E-state index in [0.717, 1.165) is 0 Å². The Hall–Kier alpha value is -8.46. The highest BCUT2D eigenvalue weighted by molar-refractivity contribution is 6.11. The van der Waals surface area contributed by atoms with E-state index in [9.17, 15) is 0 Å². The molecule has 13 rings (SSSR count). The van der Waals surface area contributed by atoms with Gasteiger partial charge < -0.3 is 9.13 Å². The number of benzene rings is 10. The first kappa shape index (κ1) is 39.9. The summed E-state index contributed by atoms with van der Waals surface area (Å²) in [5.41, 5.74) is 23.6. The highest BCUT2D eigenvalue weighted by Crippen LogP contribution is 2.51. The standard InChI is InChI=1S/C66H48N2/c1-43-17-33-53(34-18-43)68-63-16-10-8-14-57(63)59-40-49(32-38-65(59)68)51-30-36-55-54-35-29-50(41-60(54)66(2,3)61(55)42-51)47-27-23-45(24-28-47)20-19-44-21-25-46(26-22-44)48-31-37-64-58(39-48)56-13-7-9-15-62(56)67(64)52-11-5-4-6-12-52/h4-42H,1-3H3. The van der Waals surface area contributed by atoms with Crippen LogP contribution in [0.4, 0.5) is 0 Å². The largest absolute Gasteiger partial charge is 0.309 e. The van der Waals surface area contributed by atoms with Crippen molar-refractivity contribution in [2.45, 2.75) is 26.2 Å². The van der Waals surface area contributed by atoms with Crippen molar-refractivity contribution in [2.24, 2.45) is 0 Å². The van der Waals surface area contributed by atoms with Crippen molar-refractivity contribution in [3.05, 3.63) is 252 Å². The van der Waals surface area contributed by atoms with E-state index in [1.54, 1.807) is 0 Å². The Labute approximate surface area is 397 Å². The number of aromatic nitrogens is 2. The quantitative estimate of drug-likeness (QED) is 0.141. The third-order valence-electron chi connectivity index (χ3n) is 14.6. The van der Waals surface area contributed by atoms with Crippen molar-refractivity contribution in [3.63, 3.8) is 0 Å². The second kappa shape index (κ2) is 15.6. The molecule has 68 heavy (non-hydrogen) atoms.